The number of fused-ring (bicyclic) bond motifs is 3. The quantitative estimate of drug-likeness (QED) is 0.330. The summed E-state index contributed by atoms with van der Waals surface area (Å²) in [6, 6.07) is 0. The molecule has 0 spiro atoms. The van der Waals surface area contributed by atoms with Gasteiger partial charge in [-0.2, -0.15) is 0 Å². The van der Waals surface area contributed by atoms with Gasteiger partial charge in [0.05, 0.1) is 7.11 Å². The zero-order valence-electron chi connectivity index (χ0n) is 18.1. The van der Waals surface area contributed by atoms with Crippen molar-refractivity contribution in [1.82, 2.24) is 0 Å². The molecule has 4 aliphatic carbocycles. The smallest absolute Gasteiger partial charge is 0.330 e. The third-order valence-corrected chi connectivity index (χ3v) is 8.71. The lowest BCUT2D eigenvalue weighted by Crippen LogP contribution is -2.51. The van der Waals surface area contributed by atoms with E-state index >= 15 is 0 Å². The Labute approximate surface area is 175 Å². The van der Waals surface area contributed by atoms with Crippen LogP contribution in [-0.4, -0.2) is 18.9 Å². The van der Waals surface area contributed by atoms with E-state index < -0.39 is 0 Å². The Kier molecular flexibility index (Phi) is 5.86. The third kappa shape index (κ3) is 3.78. The largest absolute Gasteiger partial charge is 0.466 e. The second-order valence-electron chi connectivity index (χ2n) is 9.92. The molecule has 0 saturated heterocycles. The van der Waals surface area contributed by atoms with E-state index in [1.54, 1.807) is 6.08 Å². The van der Waals surface area contributed by atoms with Crippen LogP contribution in [0.15, 0.2) is 36.5 Å². The second-order valence-corrected chi connectivity index (χ2v) is 9.92. The Balaban J connectivity index is 1.66. The third-order valence-electron chi connectivity index (χ3n) is 8.71. The average Bonchev–Trinajstić information content (AvgIpc) is 3.57. The van der Waals surface area contributed by atoms with Gasteiger partial charge >= 0.3 is 5.97 Å². The molecule has 0 aliphatic heterocycles. The van der Waals surface area contributed by atoms with Crippen LogP contribution in [0.3, 0.4) is 0 Å². The van der Waals surface area contributed by atoms with Gasteiger partial charge in [-0.15, -0.1) is 6.58 Å². The van der Waals surface area contributed by atoms with Crippen molar-refractivity contribution in [2.24, 2.45) is 40.9 Å². The predicted molar refractivity (Wildman–Crippen MR) is 115 cm³/mol. The Bertz CT molecular complexity index is 728. The van der Waals surface area contributed by atoms with Gasteiger partial charge < -0.3 is 4.74 Å². The van der Waals surface area contributed by atoms with Crippen LogP contribution in [0.25, 0.3) is 0 Å². The fraction of sp³-hybridized carbons (Fsp3) is 0.692. The van der Waals surface area contributed by atoms with Crippen LogP contribution in [0, 0.1) is 40.9 Å². The zero-order valence-corrected chi connectivity index (χ0v) is 18.1. The number of methoxy groups -OCH3 is 1. The fourth-order valence-corrected chi connectivity index (χ4v) is 7.28. The number of carbonyl (C=O) groups is 2. The Hall–Kier alpha value is -1.64. The van der Waals surface area contributed by atoms with Crippen molar-refractivity contribution in [3.8, 4) is 0 Å². The van der Waals surface area contributed by atoms with Gasteiger partial charge in [-0.25, -0.2) is 4.79 Å². The van der Waals surface area contributed by atoms with Crippen molar-refractivity contribution in [1.29, 1.82) is 0 Å². The van der Waals surface area contributed by atoms with E-state index in [-0.39, 0.29) is 11.4 Å². The molecule has 0 N–H and O–H groups in total. The second kappa shape index (κ2) is 8.24. The van der Waals surface area contributed by atoms with Crippen LogP contribution in [0.1, 0.15) is 64.7 Å². The molecule has 6 atom stereocenters. The molecule has 0 aromatic heterocycles. The monoisotopic (exact) mass is 396 g/mol. The van der Waals surface area contributed by atoms with Gasteiger partial charge in [-0.05, 0) is 98.4 Å². The number of rotatable bonds is 6. The van der Waals surface area contributed by atoms with Crippen LogP contribution in [-0.2, 0) is 14.3 Å². The highest BCUT2D eigenvalue weighted by Gasteiger charge is 2.57. The first kappa shape index (κ1) is 20.6. The number of ether oxygens (including phenoxy) is 1. The number of allylic oxidation sites excluding steroid dienone is 4. The summed E-state index contributed by atoms with van der Waals surface area (Å²) in [4.78, 5) is 23.7. The molecule has 0 aromatic rings. The Morgan fingerprint density at radius 1 is 1.31 bits per heavy atom. The van der Waals surface area contributed by atoms with Crippen molar-refractivity contribution >= 4 is 11.8 Å². The maximum Gasteiger partial charge on any atom is 0.330 e. The van der Waals surface area contributed by atoms with Gasteiger partial charge in [0.1, 0.15) is 0 Å². The summed E-state index contributed by atoms with van der Waals surface area (Å²) in [7, 11) is 1.44. The molecule has 29 heavy (non-hydrogen) atoms. The molecular weight excluding hydrogens is 360 g/mol. The maximum absolute atomic E-state index is 12.1. The number of carbonyl (C=O) groups excluding carboxylic acids is 2. The van der Waals surface area contributed by atoms with E-state index in [0.29, 0.717) is 35.4 Å². The molecular formula is C26H36O3. The molecule has 0 heterocycles. The Morgan fingerprint density at radius 3 is 2.76 bits per heavy atom. The van der Waals surface area contributed by atoms with Gasteiger partial charge in [0, 0.05) is 12.5 Å². The summed E-state index contributed by atoms with van der Waals surface area (Å²) in [5.41, 5.74) is 1.69. The van der Waals surface area contributed by atoms with Gasteiger partial charge in [0.2, 0.25) is 0 Å². The molecule has 3 nitrogen and oxygen atoms in total. The summed E-state index contributed by atoms with van der Waals surface area (Å²) < 4.78 is 4.81. The number of ketones is 1. The van der Waals surface area contributed by atoms with Gasteiger partial charge in [-0.1, -0.05) is 24.6 Å². The lowest BCUT2D eigenvalue weighted by Gasteiger charge is -2.58. The SMILES string of the molecule is C=CC1CC2=CC(=O)CCC2C2CCC(CC)(C/C=C\C(=O)OC)C(C3CC3)C12. The standard InChI is InChI=1S/C26H36O3/c1-4-17-15-19-16-20(27)10-11-21(19)22-12-14-26(5-2,13-6-7-23(28)29-3)25(24(17)22)18-8-9-18/h4,6-7,16-18,21-22,24-25H,1,5,8-15H2,2-3H3/b7-6-. The molecule has 3 fully saturated rings. The first-order chi connectivity index (χ1) is 14.0. The number of esters is 1. The number of hydrogen-bond acceptors (Lipinski definition) is 3. The van der Waals surface area contributed by atoms with E-state index in [1.165, 1.54) is 44.8 Å². The van der Waals surface area contributed by atoms with Crippen molar-refractivity contribution in [3.05, 3.63) is 36.5 Å². The van der Waals surface area contributed by atoms with Crippen molar-refractivity contribution in [3.63, 3.8) is 0 Å². The first-order valence-corrected chi connectivity index (χ1v) is 11.6. The van der Waals surface area contributed by atoms with E-state index in [9.17, 15) is 9.59 Å². The topological polar surface area (TPSA) is 43.4 Å². The van der Waals surface area contributed by atoms with E-state index in [0.717, 1.165) is 31.6 Å². The molecule has 3 saturated carbocycles. The van der Waals surface area contributed by atoms with Crippen molar-refractivity contribution < 1.29 is 14.3 Å². The minimum absolute atomic E-state index is 0.254. The van der Waals surface area contributed by atoms with Crippen LogP contribution >= 0.6 is 0 Å². The summed E-state index contributed by atoms with van der Waals surface area (Å²) in [6.07, 6.45) is 18.0. The summed E-state index contributed by atoms with van der Waals surface area (Å²) in [6.45, 7) is 6.57. The molecule has 0 amide bonds. The lowest BCUT2D eigenvalue weighted by molar-refractivity contribution is -0.134. The minimum atomic E-state index is -0.254. The lowest BCUT2D eigenvalue weighted by atomic mass is 9.46. The molecule has 0 radical (unpaired) electrons. The Morgan fingerprint density at radius 2 is 2.10 bits per heavy atom. The molecule has 158 valence electrons. The van der Waals surface area contributed by atoms with Crippen LogP contribution in [0.4, 0.5) is 0 Å². The summed E-state index contributed by atoms with van der Waals surface area (Å²) in [5.74, 6) is 4.06. The highest BCUT2D eigenvalue weighted by Crippen LogP contribution is 2.65. The highest BCUT2D eigenvalue weighted by atomic mass is 16.5. The van der Waals surface area contributed by atoms with E-state index in [1.807, 2.05) is 6.08 Å². The highest BCUT2D eigenvalue weighted by molar-refractivity contribution is 5.91. The number of hydrogen-bond donors (Lipinski definition) is 0. The molecule has 3 heteroatoms. The van der Waals surface area contributed by atoms with Crippen molar-refractivity contribution in [2.45, 2.75) is 64.7 Å². The fourth-order valence-electron chi connectivity index (χ4n) is 7.28. The molecule has 0 bridgehead atoms. The molecule has 0 aromatic carbocycles. The summed E-state index contributed by atoms with van der Waals surface area (Å²) in [5, 5.41) is 0. The molecule has 4 aliphatic rings. The minimum Gasteiger partial charge on any atom is -0.466 e. The van der Waals surface area contributed by atoms with Crippen molar-refractivity contribution in [2.75, 3.05) is 7.11 Å². The van der Waals surface area contributed by atoms with Crippen LogP contribution in [0.5, 0.6) is 0 Å². The van der Waals surface area contributed by atoms with Gasteiger partial charge in [0.15, 0.2) is 5.78 Å². The maximum atomic E-state index is 12.1. The normalized spacial score (nSPS) is 39.4. The van der Waals surface area contributed by atoms with E-state index in [4.69, 9.17) is 4.74 Å². The van der Waals surface area contributed by atoms with Gasteiger partial charge in [-0.3, -0.25) is 4.79 Å². The predicted octanol–water partition coefficient (Wildman–Crippen LogP) is 5.67. The van der Waals surface area contributed by atoms with Crippen LogP contribution < -0.4 is 0 Å². The van der Waals surface area contributed by atoms with E-state index in [2.05, 4.69) is 25.7 Å². The zero-order chi connectivity index (χ0) is 20.6. The average molecular weight is 397 g/mol. The first-order valence-electron chi connectivity index (χ1n) is 11.6. The molecule has 4 rings (SSSR count). The molecule has 6 unspecified atom stereocenters. The van der Waals surface area contributed by atoms with Crippen LogP contribution in [0.2, 0.25) is 0 Å². The summed E-state index contributed by atoms with van der Waals surface area (Å²) >= 11 is 0. The van der Waals surface area contributed by atoms with Gasteiger partial charge in [0.25, 0.3) is 0 Å².